The summed E-state index contributed by atoms with van der Waals surface area (Å²) in [6, 6.07) is 2.26. The first-order valence-electron chi connectivity index (χ1n) is 5.95. The summed E-state index contributed by atoms with van der Waals surface area (Å²) in [7, 11) is 0. The van der Waals surface area contributed by atoms with Crippen LogP contribution in [0.4, 0.5) is 5.13 Å². The number of anilines is 1. The summed E-state index contributed by atoms with van der Waals surface area (Å²) in [6.07, 6.45) is 4.81. The Hall–Kier alpha value is -1.42. The van der Waals surface area contributed by atoms with Gasteiger partial charge in [-0.05, 0) is 44.2 Å². The lowest BCUT2D eigenvalue weighted by Gasteiger charge is -2.16. The van der Waals surface area contributed by atoms with E-state index < -0.39 is 0 Å². The molecule has 0 aromatic carbocycles. The van der Waals surface area contributed by atoms with Gasteiger partial charge in [0.25, 0.3) is 0 Å². The number of pyridine rings is 1. The van der Waals surface area contributed by atoms with Crippen molar-refractivity contribution in [2.24, 2.45) is 0 Å². The lowest BCUT2D eigenvalue weighted by molar-refractivity contribution is 0.666. The minimum absolute atomic E-state index is 0.622. The molecular formula is C13H15N3S. The predicted molar refractivity (Wildman–Crippen MR) is 71.1 cm³/mol. The summed E-state index contributed by atoms with van der Waals surface area (Å²) in [5, 5.41) is 2.63. The molecule has 0 atom stereocenters. The number of rotatable bonds is 1. The maximum Gasteiger partial charge on any atom is 0.180 e. The molecule has 1 aliphatic carbocycles. The standard InChI is InChI=1S/C13H15N3S/c1-8-10(12-7-17-13(14)16-12)6-9-4-2-3-5-11(9)15-8/h6-7H,2-5H2,1H3,(H2,14,16). The second-order valence-electron chi connectivity index (χ2n) is 4.51. The highest BCUT2D eigenvalue weighted by molar-refractivity contribution is 7.13. The summed E-state index contributed by atoms with van der Waals surface area (Å²) in [5.74, 6) is 0. The fraction of sp³-hybridized carbons (Fsp3) is 0.385. The highest BCUT2D eigenvalue weighted by Gasteiger charge is 2.15. The van der Waals surface area contributed by atoms with Gasteiger partial charge in [-0.2, -0.15) is 0 Å². The Labute approximate surface area is 105 Å². The van der Waals surface area contributed by atoms with Crippen molar-refractivity contribution in [2.45, 2.75) is 32.6 Å². The highest BCUT2D eigenvalue weighted by Crippen LogP contribution is 2.29. The molecule has 0 fully saturated rings. The number of hydrogen-bond donors (Lipinski definition) is 1. The van der Waals surface area contributed by atoms with Crippen LogP contribution in [0.5, 0.6) is 0 Å². The van der Waals surface area contributed by atoms with Crippen LogP contribution in [0.2, 0.25) is 0 Å². The summed E-state index contributed by atoms with van der Waals surface area (Å²) in [5.41, 5.74) is 11.5. The lowest BCUT2D eigenvalue weighted by Crippen LogP contribution is -2.07. The minimum atomic E-state index is 0.622. The van der Waals surface area contributed by atoms with Gasteiger partial charge in [-0.3, -0.25) is 4.98 Å². The minimum Gasteiger partial charge on any atom is -0.375 e. The second-order valence-corrected chi connectivity index (χ2v) is 5.39. The highest BCUT2D eigenvalue weighted by atomic mass is 32.1. The van der Waals surface area contributed by atoms with Crippen LogP contribution in [-0.4, -0.2) is 9.97 Å². The number of nitrogen functional groups attached to an aromatic ring is 1. The van der Waals surface area contributed by atoms with Crippen molar-refractivity contribution in [1.82, 2.24) is 9.97 Å². The number of fused-ring (bicyclic) bond motifs is 1. The van der Waals surface area contributed by atoms with Gasteiger partial charge in [-0.25, -0.2) is 4.98 Å². The molecule has 17 heavy (non-hydrogen) atoms. The number of nitrogens with two attached hydrogens (primary N) is 1. The van der Waals surface area contributed by atoms with E-state index >= 15 is 0 Å². The summed E-state index contributed by atoms with van der Waals surface area (Å²) < 4.78 is 0. The van der Waals surface area contributed by atoms with Crippen LogP contribution in [-0.2, 0) is 12.8 Å². The second kappa shape index (κ2) is 4.11. The van der Waals surface area contributed by atoms with Crippen molar-refractivity contribution in [3.8, 4) is 11.3 Å². The topological polar surface area (TPSA) is 51.8 Å². The van der Waals surface area contributed by atoms with E-state index in [4.69, 9.17) is 10.7 Å². The van der Waals surface area contributed by atoms with Gasteiger partial charge in [0.1, 0.15) is 0 Å². The van der Waals surface area contributed by atoms with Crippen LogP contribution < -0.4 is 5.73 Å². The molecule has 0 saturated carbocycles. The van der Waals surface area contributed by atoms with Crippen molar-refractivity contribution in [2.75, 3.05) is 5.73 Å². The van der Waals surface area contributed by atoms with E-state index in [9.17, 15) is 0 Å². The lowest BCUT2D eigenvalue weighted by atomic mass is 9.93. The zero-order chi connectivity index (χ0) is 11.8. The molecule has 0 bridgehead atoms. The molecule has 88 valence electrons. The van der Waals surface area contributed by atoms with E-state index in [0.717, 1.165) is 29.8 Å². The average molecular weight is 245 g/mol. The van der Waals surface area contributed by atoms with Crippen molar-refractivity contribution in [3.63, 3.8) is 0 Å². The SMILES string of the molecule is Cc1nc2c(cc1-c1csc(N)n1)CCCC2. The molecule has 0 aliphatic heterocycles. The Bertz CT molecular complexity index is 560. The zero-order valence-electron chi connectivity index (χ0n) is 9.86. The molecular weight excluding hydrogens is 230 g/mol. The van der Waals surface area contributed by atoms with E-state index in [2.05, 4.69) is 18.0 Å². The summed E-state index contributed by atoms with van der Waals surface area (Å²) in [4.78, 5) is 9.07. The molecule has 2 N–H and O–H groups in total. The molecule has 0 saturated heterocycles. The molecule has 0 radical (unpaired) electrons. The Morgan fingerprint density at radius 1 is 1.24 bits per heavy atom. The van der Waals surface area contributed by atoms with Gasteiger partial charge in [0.05, 0.1) is 5.69 Å². The summed E-state index contributed by atoms with van der Waals surface area (Å²) in [6.45, 7) is 2.06. The van der Waals surface area contributed by atoms with Gasteiger partial charge in [0.15, 0.2) is 5.13 Å². The predicted octanol–water partition coefficient (Wildman–Crippen LogP) is 2.97. The number of aromatic nitrogens is 2. The molecule has 3 rings (SSSR count). The third-order valence-corrected chi connectivity index (χ3v) is 3.96. The third kappa shape index (κ3) is 1.93. The molecule has 0 amide bonds. The molecule has 0 spiro atoms. The molecule has 0 unspecified atom stereocenters. The largest absolute Gasteiger partial charge is 0.375 e. The molecule has 2 aromatic rings. The summed E-state index contributed by atoms with van der Waals surface area (Å²) >= 11 is 1.48. The quantitative estimate of drug-likeness (QED) is 0.840. The molecule has 1 aliphatic rings. The van der Waals surface area contributed by atoms with Gasteiger partial charge in [0.2, 0.25) is 0 Å². The molecule has 4 heteroatoms. The Kier molecular flexibility index (Phi) is 2.59. The van der Waals surface area contributed by atoms with Crippen LogP contribution in [0, 0.1) is 6.92 Å². The monoisotopic (exact) mass is 245 g/mol. The van der Waals surface area contributed by atoms with Crippen LogP contribution >= 0.6 is 11.3 Å². The maximum atomic E-state index is 5.69. The third-order valence-electron chi connectivity index (χ3n) is 3.29. The van der Waals surface area contributed by atoms with Gasteiger partial charge in [0, 0.05) is 22.3 Å². The fourth-order valence-electron chi connectivity index (χ4n) is 2.41. The van der Waals surface area contributed by atoms with E-state index in [0.29, 0.717) is 5.13 Å². The number of nitrogens with zero attached hydrogens (tertiary/aromatic N) is 2. The van der Waals surface area contributed by atoms with Crippen LogP contribution in [0.25, 0.3) is 11.3 Å². The van der Waals surface area contributed by atoms with Crippen molar-refractivity contribution < 1.29 is 0 Å². The normalized spacial score (nSPS) is 14.6. The van der Waals surface area contributed by atoms with E-state index in [1.807, 2.05) is 5.38 Å². The number of thiazole rings is 1. The van der Waals surface area contributed by atoms with Gasteiger partial charge in [-0.1, -0.05) is 0 Å². The Morgan fingerprint density at radius 3 is 2.82 bits per heavy atom. The van der Waals surface area contributed by atoms with E-state index in [-0.39, 0.29) is 0 Å². The van der Waals surface area contributed by atoms with Crippen molar-refractivity contribution in [3.05, 3.63) is 28.4 Å². The smallest absolute Gasteiger partial charge is 0.180 e. The molecule has 3 nitrogen and oxygen atoms in total. The van der Waals surface area contributed by atoms with Crippen molar-refractivity contribution in [1.29, 1.82) is 0 Å². The zero-order valence-corrected chi connectivity index (χ0v) is 10.7. The van der Waals surface area contributed by atoms with Crippen LogP contribution in [0.1, 0.15) is 29.8 Å². The van der Waals surface area contributed by atoms with E-state index in [1.54, 1.807) is 0 Å². The van der Waals surface area contributed by atoms with Gasteiger partial charge < -0.3 is 5.73 Å². The van der Waals surface area contributed by atoms with Gasteiger partial charge in [-0.15, -0.1) is 11.3 Å². The Balaban J connectivity index is 2.11. The van der Waals surface area contributed by atoms with E-state index in [1.165, 1.54) is 35.4 Å². The number of aryl methyl sites for hydroxylation is 3. The van der Waals surface area contributed by atoms with Crippen molar-refractivity contribution >= 4 is 16.5 Å². The first-order chi connectivity index (χ1) is 8.24. The maximum absolute atomic E-state index is 5.69. The molecule has 2 heterocycles. The average Bonchev–Trinajstić information content (AvgIpc) is 2.75. The molecule has 2 aromatic heterocycles. The van der Waals surface area contributed by atoms with Crippen LogP contribution in [0.3, 0.4) is 0 Å². The number of hydrogen-bond acceptors (Lipinski definition) is 4. The van der Waals surface area contributed by atoms with Crippen LogP contribution in [0.15, 0.2) is 11.4 Å². The van der Waals surface area contributed by atoms with Gasteiger partial charge >= 0.3 is 0 Å². The first-order valence-corrected chi connectivity index (χ1v) is 6.83. The first kappa shape index (κ1) is 10.7. The Morgan fingerprint density at radius 2 is 2.06 bits per heavy atom. The fourth-order valence-corrected chi connectivity index (χ4v) is 2.97.